The largest absolute Gasteiger partial charge is 0.309 e. The molecule has 0 bridgehead atoms. The standard InChI is InChI=1S/C17H18N4O2S/c1-8-9(2)24-17-15(8)16(23)18-13(19-17)7-14(22)21-20-12-6-10-4-3-5-11(10)12/h3-4,10-11H,5-7H2,1-2H3,(H,21,22)(H,18,19,23)/b20-12-/t10-,11+/m1/s1. The van der Waals surface area contributed by atoms with E-state index in [1.165, 1.54) is 11.3 Å². The van der Waals surface area contributed by atoms with Crippen LogP contribution in [-0.2, 0) is 11.2 Å². The lowest BCUT2D eigenvalue weighted by Gasteiger charge is -2.31. The van der Waals surface area contributed by atoms with Crippen LogP contribution in [0.2, 0.25) is 0 Å². The van der Waals surface area contributed by atoms with Gasteiger partial charge in [-0.05, 0) is 38.2 Å². The third-order valence-electron chi connectivity index (χ3n) is 4.90. The molecule has 124 valence electrons. The quantitative estimate of drug-likeness (QED) is 0.662. The summed E-state index contributed by atoms with van der Waals surface area (Å²) in [7, 11) is 0. The van der Waals surface area contributed by atoms with Crippen LogP contribution in [0.3, 0.4) is 0 Å². The zero-order valence-corrected chi connectivity index (χ0v) is 14.4. The normalized spacial score (nSPS) is 23.5. The second kappa shape index (κ2) is 5.66. The maximum Gasteiger partial charge on any atom is 0.259 e. The average molecular weight is 342 g/mol. The molecule has 4 rings (SSSR count). The summed E-state index contributed by atoms with van der Waals surface area (Å²) in [6.45, 7) is 3.88. The molecule has 2 aromatic heterocycles. The van der Waals surface area contributed by atoms with E-state index in [0.717, 1.165) is 29.0 Å². The van der Waals surface area contributed by atoms with Crippen molar-refractivity contribution in [1.29, 1.82) is 0 Å². The van der Waals surface area contributed by atoms with E-state index in [1.807, 2.05) is 13.8 Å². The minimum atomic E-state index is -0.260. The summed E-state index contributed by atoms with van der Waals surface area (Å²) in [5.74, 6) is 1.19. The molecule has 0 radical (unpaired) electrons. The minimum Gasteiger partial charge on any atom is -0.309 e. The predicted octanol–water partition coefficient (Wildman–Crippen LogP) is 2.21. The lowest BCUT2D eigenvalue weighted by atomic mass is 9.74. The first-order valence-corrected chi connectivity index (χ1v) is 8.85. The van der Waals surface area contributed by atoms with Crippen LogP contribution in [0.4, 0.5) is 0 Å². The molecule has 0 saturated heterocycles. The van der Waals surface area contributed by atoms with Crippen molar-refractivity contribution in [2.45, 2.75) is 33.1 Å². The van der Waals surface area contributed by atoms with Gasteiger partial charge in [0.05, 0.1) is 11.8 Å². The van der Waals surface area contributed by atoms with Crippen molar-refractivity contribution in [2.75, 3.05) is 0 Å². The number of aryl methyl sites for hydroxylation is 2. The van der Waals surface area contributed by atoms with Gasteiger partial charge in [0.1, 0.15) is 10.7 Å². The third kappa shape index (κ3) is 2.49. The summed E-state index contributed by atoms with van der Waals surface area (Å²) >= 11 is 1.48. The van der Waals surface area contributed by atoms with Gasteiger partial charge in [0.15, 0.2) is 0 Å². The molecule has 1 fully saturated rings. The zero-order chi connectivity index (χ0) is 16.8. The van der Waals surface area contributed by atoms with Gasteiger partial charge in [-0.15, -0.1) is 11.3 Å². The molecule has 2 heterocycles. The number of aromatic amines is 1. The number of carbonyl (C=O) groups is 1. The molecule has 2 N–H and O–H groups in total. The fourth-order valence-corrected chi connectivity index (χ4v) is 4.42. The Bertz CT molecular complexity index is 953. The number of rotatable bonds is 3. The minimum absolute atomic E-state index is 0.0182. The number of amides is 1. The van der Waals surface area contributed by atoms with Crippen LogP contribution in [-0.4, -0.2) is 21.6 Å². The summed E-state index contributed by atoms with van der Waals surface area (Å²) in [4.78, 5) is 33.2. The number of hydrogen-bond acceptors (Lipinski definition) is 5. The van der Waals surface area contributed by atoms with Crippen molar-refractivity contribution >= 4 is 33.2 Å². The van der Waals surface area contributed by atoms with Crippen LogP contribution < -0.4 is 11.0 Å². The molecule has 6 nitrogen and oxygen atoms in total. The zero-order valence-electron chi connectivity index (χ0n) is 13.5. The van der Waals surface area contributed by atoms with Gasteiger partial charge in [0.25, 0.3) is 5.56 Å². The van der Waals surface area contributed by atoms with Crippen LogP contribution in [0.5, 0.6) is 0 Å². The maximum atomic E-state index is 12.2. The van der Waals surface area contributed by atoms with Crippen molar-refractivity contribution < 1.29 is 4.79 Å². The Labute approximate surface area is 142 Å². The number of carbonyl (C=O) groups excluding carboxylic acids is 1. The van der Waals surface area contributed by atoms with Crippen molar-refractivity contribution in [2.24, 2.45) is 16.9 Å². The molecular formula is C17H18N4O2S. The molecule has 1 amide bonds. The van der Waals surface area contributed by atoms with E-state index < -0.39 is 0 Å². The maximum absolute atomic E-state index is 12.2. The SMILES string of the molecule is Cc1sc2nc(CC(=O)N/N=C3/C[C@H]4C=CC[C@H]34)[nH]c(=O)c2c1C. The highest BCUT2D eigenvalue weighted by Gasteiger charge is 2.38. The second-order valence-electron chi connectivity index (χ2n) is 6.43. The number of nitrogens with one attached hydrogen (secondary N) is 2. The first kappa shape index (κ1) is 15.3. The van der Waals surface area contributed by atoms with Gasteiger partial charge in [-0.2, -0.15) is 5.10 Å². The molecule has 2 atom stereocenters. The van der Waals surface area contributed by atoms with Crippen LogP contribution in [0, 0.1) is 25.7 Å². The van der Waals surface area contributed by atoms with Crippen molar-refractivity contribution in [1.82, 2.24) is 15.4 Å². The first-order chi connectivity index (χ1) is 11.5. The number of nitrogens with zero attached hydrogens (tertiary/aromatic N) is 2. The van der Waals surface area contributed by atoms with E-state index in [-0.39, 0.29) is 17.9 Å². The number of hydrazone groups is 1. The molecule has 1 saturated carbocycles. The summed E-state index contributed by atoms with van der Waals surface area (Å²) in [6.07, 6.45) is 6.36. The van der Waals surface area contributed by atoms with Gasteiger partial charge >= 0.3 is 0 Å². The van der Waals surface area contributed by atoms with E-state index >= 15 is 0 Å². The van der Waals surface area contributed by atoms with Gasteiger partial charge in [-0.25, -0.2) is 10.4 Å². The molecule has 0 unspecified atom stereocenters. The van der Waals surface area contributed by atoms with Crippen molar-refractivity contribution in [3.8, 4) is 0 Å². The summed E-state index contributed by atoms with van der Waals surface area (Å²) < 4.78 is 0. The molecule has 24 heavy (non-hydrogen) atoms. The van der Waals surface area contributed by atoms with E-state index in [1.54, 1.807) is 0 Å². The van der Waals surface area contributed by atoms with E-state index in [2.05, 4.69) is 32.6 Å². The van der Waals surface area contributed by atoms with E-state index in [4.69, 9.17) is 0 Å². The number of thiophene rings is 1. The first-order valence-electron chi connectivity index (χ1n) is 8.04. The topological polar surface area (TPSA) is 87.2 Å². The van der Waals surface area contributed by atoms with E-state index in [0.29, 0.717) is 27.9 Å². The van der Waals surface area contributed by atoms with Gasteiger partial charge in [0, 0.05) is 16.5 Å². The predicted molar refractivity (Wildman–Crippen MR) is 94.4 cm³/mol. The lowest BCUT2D eigenvalue weighted by molar-refractivity contribution is -0.120. The summed E-state index contributed by atoms with van der Waals surface area (Å²) in [6, 6.07) is 0. The van der Waals surface area contributed by atoms with Crippen LogP contribution in [0.1, 0.15) is 29.1 Å². The fourth-order valence-electron chi connectivity index (χ4n) is 3.37. The van der Waals surface area contributed by atoms with E-state index in [9.17, 15) is 9.59 Å². The van der Waals surface area contributed by atoms with Crippen LogP contribution in [0.15, 0.2) is 22.0 Å². The van der Waals surface area contributed by atoms with Gasteiger partial charge in [-0.3, -0.25) is 9.59 Å². The lowest BCUT2D eigenvalue weighted by Crippen LogP contribution is -2.36. The molecular weight excluding hydrogens is 324 g/mol. The average Bonchev–Trinajstić information content (AvgIpc) is 3.00. The number of allylic oxidation sites excluding steroid dienone is 2. The molecule has 7 heteroatoms. The fraction of sp³-hybridized carbons (Fsp3) is 0.412. The Morgan fingerprint density at radius 2 is 2.33 bits per heavy atom. The number of aromatic nitrogens is 2. The highest BCUT2D eigenvalue weighted by atomic mass is 32.1. The molecule has 0 aliphatic heterocycles. The third-order valence-corrected chi connectivity index (χ3v) is 6.00. The molecule has 0 aromatic carbocycles. The Hall–Kier alpha value is -2.28. The highest BCUT2D eigenvalue weighted by Crippen LogP contribution is 2.40. The van der Waals surface area contributed by atoms with Gasteiger partial charge in [-0.1, -0.05) is 12.2 Å². The molecule has 2 aromatic rings. The molecule has 2 aliphatic rings. The highest BCUT2D eigenvalue weighted by molar-refractivity contribution is 7.18. The number of hydrogen-bond donors (Lipinski definition) is 2. The summed E-state index contributed by atoms with van der Waals surface area (Å²) in [5, 5.41) is 4.85. The van der Waals surface area contributed by atoms with Gasteiger partial charge < -0.3 is 4.98 Å². The molecule has 2 aliphatic carbocycles. The number of fused-ring (bicyclic) bond motifs is 2. The monoisotopic (exact) mass is 342 g/mol. The Kier molecular flexibility index (Phi) is 3.60. The number of H-pyrrole nitrogens is 1. The van der Waals surface area contributed by atoms with Crippen LogP contribution >= 0.6 is 11.3 Å². The molecule has 0 spiro atoms. The second-order valence-corrected chi connectivity index (χ2v) is 7.63. The Balaban J connectivity index is 1.47. The Morgan fingerprint density at radius 3 is 3.12 bits per heavy atom. The Morgan fingerprint density at radius 1 is 1.50 bits per heavy atom. The van der Waals surface area contributed by atoms with Crippen molar-refractivity contribution in [3.05, 3.63) is 38.8 Å². The van der Waals surface area contributed by atoms with Gasteiger partial charge in [0.2, 0.25) is 5.91 Å². The summed E-state index contributed by atoms with van der Waals surface area (Å²) in [5.41, 5.74) is 4.42. The van der Waals surface area contributed by atoms with Crippen molar-refractivity contribution in [3.63, 3.8) is 0 Å². The smallest absolute Gasteiger partial charge is 0.259 e. The van der Waals surface area contributed by atoms with Crippen LogP contribution in [0.25, 0.3) is 10.2 Å².